The van der Waals surface area contributed by atoms with Gasteiger partial charge >= 0.3 is 0 Å². The molecule has 0 spiro atoms. The fourth-order valence-corrected chi connectivity index (χ4v) is 3.04. The van der Waals surface area contributed by atoms with Crippen LogP contribution in [0.25, 0.3) is 0 Å². The molecule has 2 aromatic rings. The van der Waals surface area contributed by atoms with Gasteiger partial charge < -0.3 is 10.0 Å². The maximum absolute atomic E-state index is 10.3. The van der Waals surface area contributed by atoms with Crippen molar-refractivity contribution < 1.29 is 5.11 Å². The molecule has 1 aliphatic rings. The van der Waals surface area contributed by atoms with Crippen LogP contribution in [-0.4, -0.2) is 42.7 Å². The Morgan fingerprint density at radius 1 is 0.955 bits per heavy atom. The van der Waals surface area contributed by atoms with Crippen LogP contribution in [0.3, 0.4) is 0 Å². The predicted octanol–water partition coefficient (Wildman–Crippen LogP) is 2.85. The van der Waals surface area contributed by atoms with Gasteiger partial charge in [-0.2, -0.15) is 0 Å². The maximum Gasteiger partial charge on any atom is 0.0916 e. The second-order valence-corrected chi connectivity index (χ2v) is 6.05. The summed E-state index contributed by atoms with van der Waals surface area (Å²) in [5.41, 5.74) is 3.62. The van der Waals surface area contributed by atoms with Crippen LogP contribution in [0.15, 0.2) is 54.6 Å². The molecule has 116 valence electrons. The second kappa shape index (κ2) is 6.95. The van der Waals surface area contributed by atoms with E-state index in [1.165, 1.54) is 11.3 Å². The number of rotatable bonds is 4. The average molecular weight is 296 g/mol. The van der Waals surface area contributed by atoms with Crippen molar-refractivity contribution in [3.8, 4) is 0 Å². The number of aryl methyl sites for hydroxylation is 1. The Labute approximate surface area is 132 Å². The summed E-state index contributed by atoms with van der Waals surface area (Å²) in [6, 6.07) is 18.6. The summed E-state index contributed by atoms with van der Waals surface area (Å²) in [7, 11) is 0. The Hall–Kier alpha value is -1.84. The molecule has 0 saturated carbocycles. The van der Waals surface area contributed by atoms with Crippen molar-refractivity contribution in [2.75, 3.05) is 37.6 Å². The lowest BCUT2D eigenvalue weighted by Gasteiger charge is -2.37. The molecule has 1 atom stereocenters. The lowest BCUT2D eigenvalue weighted by atomic mass is 10.1. The van der Waals surface area contributed by atoms with Gasteiger partial charge in [-0.05, 0) is 30.2 Å². The normalized spacial score (nSPS) is 17.5. The van der Waals surface area contributed by atoms with Crippen LogP contribution in [0.5, 0.6) is 0 Å². The molecule has 0 radical (unpaired) electrons. The van der Waals surface area contributed by atoms with Gasteiger partial charge in [-0.15, -0.1) is 0 Å². The van der Waals surface area contributed by atoms with Crippen molar-refractivity contribution in [3.05, 3.63) is 65.7 Å². The molecule has 1 N–H and O–H groups in total. The first-order chi connectivity index (χ1) is 10.7. The zero-order valence-electron chi connectivity index (χ0n) is 13.2. The van der Waals surface area contributed by atoms with Gasteiger partial charge in [0, 0.05) is 38.4 Å². The lowest BCUT2D eigenvalue weighted by molar-refractivity contribution is 0.109. The van der Waals surface area contributed by atoms with Crippen molar-refractivity contribution in [2.45, 2.75) is 13.0 Å². The molecule has 0 aliphatic carbocycles. The van der Waals surface area contributed by atoms with Crippen molar-refractivity contribution >= 4 is 5.69 Å². The van der Waals surface area contributed by atoms with Gasteiger partial charge in [0.15, 0.2) is 0 Å². The highest BCUT2D eigenvalue weighted by molar-refractivity contribution is 5.48. The van der Waals surface area contributed by atoms with Gasteiger partial charge in [0.25, 0.3) is 0 Å². The summed E-state index contributed by atoms with van der Waals surface area (Å²) in [5, 5.41) is 10.3. The van der Waals surface area contributed by atoms with Crippen molar-refractivity contribution in [2.24, 2.45) is 0 Å². The van der Waals surface area contributed by atoms with Crippen LogP contribution in [0, 0.1) is 6.92 Å². The van der Waals surface area contributed by atoms with Crippen molar-refractivity contribution in [3.63, 3.8) is 0 Å². The Morgan fingerprint density at radius 3 is 2.36 bits per heavy atom. The third-order valence-electron chi connectivity index (χ3n) is 4.35. The van der Waals surface area contributed by atoms with E-state index in [-0.39, 0.29) is 0 Å². The number of nitrogens with zero attached hydrogens (tertiary/aromatic N) is 2. The lowest BCUT2D eigenvalue weighted by Crippen LogP contribution is -2.47. The first kappa shape index (κ1) is 15.1. The first-order valence-electron chi connectivity index (χ1n) is 7.99. The zero-order valence-corrected chi connectivity index (χ0v) is 13.2. The zero-order chi connectivity index (χ0) is 15.4. The van der Waals surface area contributed by atoms with E-state index in [4.69, 9.17) is 0 Å². The van der Waals surface area contributed by atoms with E-state index in [1.807, 2.05) is 30.3 Å². The second-order valence-electron chi connectivity index (χ2n) is 6.05. The molecule has 3 heteroatoms. The van der Waals surface area contributed by atoms with Gasteiger partial charge in [0.05, 0.1) is 6.10 Å². The van der Waals surface area contributed by atoms with Crippen molar-refractivity contribution in [1.82, 2.24) is 4.90 Å². The summed E-state index contributed by atoms with van der Waals surface area (Å²) >= 11 is 0. The van der Waals surface area contributed by atoms with Crippen molar-refractivity contribution in [1.29, 1.82) is 0 Å². The molecule has 1 aliphatic heterocycles. The van der Waals surface area contributed by atoms with E-state index in [0.717, 1.165) is 31.7 Å². The van der Waals surface area contributed by atoms with Crippen LogP contribution in [-0.2, 0) is 0 Å². The third-order valence-corrected chi connectivity index (χ3v) is 4.35. The molecule has 1 unspecified atom stereocenters. The SMILES string of the molecule is Cc1cccc(N2CCN(CC(O)c3ccccc3)CC2)c1. The van der Waals surface area contributed by atoms with Crippen LogP contribution in [0.4, 0.5) is 5.69 Å². The molecule has 22 heavy (non-hydrogen) atoms. The minimum atomic E-state index is -0.397. The largest absolute Gasteiger partial charge is 0.387 e. The number of aliphatic hydroxyl groups is 1. The Kier molecular flexibility index (Phi) is 4.76. The number of piperazine rings is 1. The maximum atomic E-state index is 10.3. The number of hydrogen-bond donors (Lipinski definition) is 1. The first-order valence-corrected chi connectivity index (χ1v) is 7.99. The van der Waals surface area contributed by atoms with E-state index in [9.17, 15) is 5.11 Å². The highest BCUT2D eigenvalue weighted by Crippen LogP contribution is 2.19. The number of hydrogen-bond acceptors (Lipinski definition) is 3. The minimum Gasteiger partial charge on any atom is -0.387 e. The number of aliphatic hydroxyl groups excluding tert-OH is 1. The van der Waals surface area contributed by atoms with E-state index < -0.39 is 6.10 Å². The molecular weight excluding hydrogens is 272 g/mol. The third kappa shape index (κ3) is 3.67. The number of β-amino-alcohol motifs (C(OH)–C–C–N with tert-alkyl or cyclic N) is 1. The van der Waals surface area contributed by atoms with Gasteiger partial charge in [0.2, 0.25) is 0 Å². The van der Waals surface area contributed by atoms with Gasteiger partial charge in [-0.25, -0.2) is 0 Å². The highest BCUT2D eigenvalue weighted by Gasteiger charge is 2.20. The van der Waals surface area contributed by atoms with Crippen LogP contribution < -0.4 is 4.90 Å². The molecule has 0 bridgehead atoms. The molecule has 2 aromatic carbocycles. The molecule has 3 nitrogen and oxygen atoms in total. The molecule has 3 rings (SSSR count). The van der Waals surface area contributed by atoms with E-state index in [1.54, 1.807) is 0 Å². The van der Waals surface area contributed by atoms with Crippen LogP contribution in [0.1, 0.15) is 17.2 Å². The van der Waals surface area contributed by atoms with Gasteiger partial charge in [-0.1, -0.05) is 42.5 Å². The summed E-state index contributed by atoms with van der Waals surface area (Å²) in [6.07, 6.45) is -0.397. The van der Waals surface area contributed by atoms with Gasteiger partial charge in [0.1, 0.15) is 0 Å². The minimum absolute atomic E-state index is 0.397. The summed E-state index contributed by atoms with van der Waals surface area (Å²) in [5.74, 6) is 0. The summed E-state index contributed by atoms with van der Waals surface area (Å²) in [6.45, 7) is 6.88. The monoisotopic (exact) mass is 296 g/mol. The van der Waals surface area contributed by atoms with Crippen LogP contribution in [0.2, 0.25) is 0 Å². The molecule has 0 amide bonds. The number of benzene rings is 2. The molecular formula is C19H24N2O. The smallest absolute Gasteiger partial charge is 0.0916 e. The van der Waals surface area contributed by atoms with Crippen LogP contribution >= 0.6 is 0 Å². The molecule has 1 heterocycles. The Balaban J connectivity index is 1.54. The Bertz CT molecular complexity index is 591. The molecule has 1 fully saturated rings. The topological polar surface area (TPSA) is 26.7 Å². The van der Waals surface area contributed by atoms with E-state index in [2.05, 4.69) is 41.0 Å². The fourth-order valence-electron chi connectivity index (χ4n) is 3.04. The molecule has 0 aromatic heterocycles. The Morgan fingerprint density at radius 2 is 1.68 bits per heavy atom. The van der Waals surface area contributed by atoms with E-state index >= 15 is 0 Å². The standard InChI is InChI=1S/C19H24N2O/c1-16-6-5-9-18(14-16)21-12-10-20(11-13-21)15-19(22)17-7-3-2-4-8-17/h2-9,14,19,22H,10-13,15H2,1H3. The highest BCUT2D eigenvalue weighted by atomic mass is 16.3. The number of anilines is 1. The summed E-state index contributed by atoms with van der Waals surface area (Å²) in [4.78, 5) is 4.78. The average Bonchev–Trinajstić information content (AvgIpc) is 2.56. The van der Waals surface area contributed by atoms with Gasteiger partial charge in [-0.3, -0.25) is 4.90 Å². The van der Waals surface area contributed by atoms with E-state index in [0.29, 0.717) is 6.54 Å². The predicted molar refractivity (Wildman–Crippen MR) is 91.2 cm³/mol. The fraction of sp³-hybridized carbons (Fsp3) is 0.368. The summed E-state index contributed by atoms with van der Waals surface area (Å²) < 4.78 is 0. The molecule has 1 saturated heterocycles. The quantitative estimate of drug-likeness (QED) is 0.940.